The summed E-state index contributed by atoms with van der Waals surface area (Å²) in [6.45, 7) is 7.74. The van der Waals surface area contributed by atoms with E-state index in [2.05, 4.69) is 13.5 Å². The Morgan fingerprint density at radius 3 is 2.46 bits per heavy atom. The Hall–Kier alpha value is -1.18. The molecule has 1 fully saturated rings. The zero-order valence-corrected chi connectivity index (χ0v) is 16.7. The molecule has 0 bridgehead atoms. The Morgan fingerprint density at radius 2 is 1.81 bits per heavy atom. The van der Waals surface area contributed by atoms with Gasteiger partial charge in [-0.15, -0.1) is 6.58 Å². The number of halogens is 2. The van der Waals surface area contributed by atoms with Crippen LogP contribution in [0.25, 0.3) is 0 Å². The van der Waals surface area contributed by atoms with Crippen LogP contribution in [0.2, 0.25) is 0 Å². The monoisotopic (exact) mass is 362 g/mol. The van der Waals surface area contributed by atoms with Crippen LogP contribution < -0.4 is 0 Å². The quantitative estimate of drug-likeness (QED) is 0.369. The summed E-state index contributed by atoms with van der Waals surface area (Å²) in [5.41, 5.74) is 0.997. The molecule has 0 radical (unpaired) electrons. The van der Waals surface area contributed by atoms with E-state index in [0.717, 1.165) is 43.9 Å². The van der Waals surface area contributed by atoms with Gasteiger partial charge in [0.1, 0.15) is 0 Å². The molecule has 0 aliphatic heterocycles. The molecule has 1 aliphatic rings. The normalized spacial score (nSPS) is 21.5. The van der Waals surface area contributed by atoms with Gasteiger partial charge in [0, 0.05) is 0 Å². The smallest absolute Gasteiger partial charge is 0.162 e. The van der Waals surface area contributed by atoms with Crippen molar-refractivity contribution in [2.45, 2.75) is 90.4 Å². The van der Waals surface area contributed by atoms with Crippen molar-refractivity contribution in [1.82, 2.24) is 0 Å². The molecule has 0 spiro atoms. The van der Waals surface area contributed by atoms with Gasteiger partial charge in [0.05, 0.1) is 0 Å². The van der Waals surface area contributed by atoms with Crippen LogP contribution >= 0.6 is 0 Å². The summed E-state index contributed by atoms with van der Waals surface area (Å²) in [4.78, 5) is 0. The zero-order chi connectivity index (χ0) is 18.9. The Balaban J connectivity index is 1.76. The van der Waals surface area contributed by atoms with Gasteiger partial charge in [-0.1, -0.05) is 57.2 Å². The van der Waals surface area contributed by atoms with E-state index in [0.29, 0.717) is 11.1 Å². The molecule has 26 heavy (non-hydrogen) atoms. The van der Waals surface area contributed by atoms with Crippen LogP contribution in [0, 0.1) is 30.4 Å². The van der Waals surface area contributed by atoms with Crippen LogP contribution in [-0.4, -0.2) is 0 Å². The lowest BCUT2D eigenvalue weighted by Gasteiger charge is -2.29. The summed E-state index contributed by atoms with van der Waals surface area (Å²) in [5.74, 6) is 0.538. The molecular weight excluding hydrogens is 326 g/mol. The molecule has 2 heteroatoms. The molecular formula is C24H36F2. The fraction of sp³-hybridized carbons (Fsp3) is 0.667. The third-order valence-corrected chi connectivity index (χ3v) is 6.29. The van der Waals surface area contributed by atoms with Gasteiger partial charge in [0.25, 0.3) is 0 Å². The highest BCUT2D eigenvalue weighted by Crippen LogP contribution is 2.39. The predicted molar refractivity (Wildman–Crippen MR) is 107 cm³/mol. The third-order valence-electron chi connectivity index (χ3n) is 6.29. The van der Waals surface area contributed by atoms with Gasteiger partial charge in [-0.2, -0.15) is 0 Å². The van der Waals surface area contributed by atoms with Crippen molar-refractivity contribution in [3.05, 3.63) is 47.5 Å². The fourth-order valence-corrected chi connectivity index (χ4v) is 4.63. The van der Waals surface area contributed by atoms with Crippen molar-refractivity contribution in [2.24, 2.45) is 11.8 Å². The van der Waals surface area contributed by atoms with Gasteiger partial charge in [-0.3, -0.25) is 0 Å². The fourth-order valence-electron chi connectivity index (χ4n) is 4.63. The highest BCUT2D eigenvalue weighted by Gasteiger charge is 2.25. The number of rotatable bonds is 10. The van der Waals surface area contributed by atoms with E-state index < -0.39 is 11.6 Å². The average molecular weight is 363 g/mol. The minimum Gasteiger partial charge on any atom is -0.203 e. The maximum atomic E-state index is 14.2. The standard InChI is InChI=1S/C24H36F2/c1-4-6-9-19(8-5-2)10-7-11-20-13-15-21(16-14-20)22-17-12-18(3)23(25)24(22)26/h4,12,17,19-21H,1,5-11,13-16H2,2-3H3. The van der Waals surface area contributed by atoms with E-state index in [1.807, 2.05) is 6.08 Å². The molecule has 0 aromatic heterocycles. The third kappa shape index (κ3) is 5.93. The molecule has 0 nitrogen and oxygen atoms in total. The van der Waals surface area contributed by atoms with Crippen LogP contribution in [-0.2, 0) is 0 Å². The molecule has 1 atom stereocenters. The molecule has 1 unspecified atom stereocenters. The topological polar surface area (TPSA) is 0 Å². The van der Waals surface area contributed by atoms with Gasteiger partial charge >= 0.3 is 0 Å². The summed E-state index contributed by atoms with van der Waals surface area (Å²) in [6, 6.07) is 3.52. The van der Waals surface area contributed by atoms with Crippen LogP contribution in [0.4, 0.5) is 8.78 Å². The largest absolute Gasteiger partial charge is 0.203 e. The van der Waals surface area contributed by atoms with Crippen LogP contribution in [0.1, 0.15) is 94.6 Å². The lowest BCUT2D eigenvalue weighted by atomic mass is 9.76. The van der Waals surface area contributed by atoms with Crippen molar-refractivity contribution < 1.29 is 8.78 Å². The Morgan fingerprint density at radius 1 is 1.08 bits per heavy atom. The molecule has 1 saturated carbocycles. The number of allylic oxidation sites excluding steroid dienone is 1. The average Bonchev–Trinajstić information content (AvgIpc) is 2.65. The van der Waals surface area contributed by atoms with Crippen molar-refractivity contribution >= 4 is 0 Å². The van der Waals surface area contributed by atoms with Gasteiger partial charge in [-0.25, -0.2) is 8.78 Å². The lowest BCUT2D eigenvalue weighted by Crippen LogP contribution is -2.15. The van der Waals surface area contributed by atoms with Gasteiger partial charge in [0.15, 0.2) is 11.6 Å². The van der Waals surface area contributed by atoms with Gasteiger partial charge in [0.2, 0.25) is 0 Å². The molecule has 1 aromatic rings. The summed E-state index contributed by atoms with van der Waals surface area (Å²) >= 11 is 0. The van der Waals surface area contributed by atoms with Gasteiger partial charge < -0.3 is 0 Å². The summed E-state index contributed by atoms with van der Waals surface area (Å²) < 4.78 is 28.1. The summed E-state index contributed by atoms with van der Waals surface area (Å²) in [7, 11) is 0. The summed E-state index contributed by atoms with van der Waals surface area (Å²) in [5, 5.41) is 0. The van der Waals surface area contributed by atoms with E-state index in [4.69, 9.17) is 0 Å². The van der Waals surface area contributed by atoms with Crippen LogP contribution in [0.5, 0.6) is 0 Å². The zero-order valence-electron chi connectivity index (χ0n) is 16.7. The molecule has 0 heterocycles. The van der Waals surface area contributed by atoms with Crippen molar-refractivity contribution in [3.8, 4) is 0 Å². The van der Waals surface area contributed by atoms with Crippen molar-refractivity contribution in [1.29, 1.82) is 0 Å². The van der Waals surface area contributed by atoms with E-state index in [-0.39, 0.29) is 5.92 Å². The van der Waals surface area contributed by atoms with E-state index in [1.54, 1.807) is 19.1 Å². The Labute approximate surface area is 159 Å². The molecule has 146 valence electrons. The second kappa shape index (κ2) is 10.8. The first-order chi connectivity index (χ1) is 12.6. The maximum Gasteiger partial charge on any atom is 0.162 e. The van der Waals surface area contributed by atoms with E-state index in [9.17, 15) is 8.78 Å². The minimum absolute atomic E-state index is 0.196. The molecule has 0 amide bonds. The molecule has 1 aromatic carbocycles. The van der Waals surface area contributed by atoms with Crippen molar-refractivity contribution in [2.75, 3.05) is 0 Å². The Bertz CT molecular complexity index is 556. The van der Waals surface area contributed by atoms with E-state index in [1.165, 1.54) is 38.5 Å². The maximum absolute atomic E-state index is 14.2. The molecule has 1 aliphatic carbocycles. The highest BCUT2D eigenvalue weighted by molar-refractivity contribution is 5.28. The number of hydrogen-bond acceptors (Lipinski definition) is 0. The molecule has 2 rings (SSSR count). The van der Waals surface area contributed by atoms with Crippen LogP contribution in [0.3, 0.4) is 0 Å². The second-order valence-electron chi connectivity index (χ2n) is 8.27. The second-order valence-corrected chi connectivity index (χ2v) is 8.27. The van der Waals surface area contributed by atoms with Crippen molar-refractivity contribution in [3.63, 3.8) is 0 Å². The first-order valence-electron chi connectivity index (χ1n) is 10.6. The van der Waals surface area contributed by atoms with E-state index >= 15 is 0 Å². The minimum atomic E-state index is -0.661. The summed E-state index contributed by atoms with van der Waals surface area (Å²) in [6.07, 6.45) is 15.3. The first-order valence-corrected chi connectivity index (χ1v) is 10.6. The number of benzene rings is 1. The first kappa shape index (κ1) is 21.1. The van der Waals surface area contributed by atoms with Crippen LogP contribution in [0.15, 0.2) is 24.8 Å². The van der Waals surface area contributed by atoms with Gasteiger partial charge in [-0.05, 0) is 74.3 Å². The number of aryl methyl sites for hydroxylation is 1. The lowest BCUT2D eigenvalue weighted by molar-refractivity contribution is 0.286. The highest BCUT2D eigenvalue weighted by atomic mass is 19.2. The SMILES string of the molecule is C=CCCC(CCC)CCCC1CCC(c2ccc(C)c(F)c2F)CC1. The molecule has 0 N–H and O–H groups in total. The number of hydrogen-bond donors (Lipinski definition) is 0. The predicted octanol–water partition coefficient (Wildman–Crippen LogP) is 8.10. The Kier molecular flexibility index (Phi) is 8.81. The molecule has 0 saturated heterocycles.